The topological polar surface area (TPSA) is 72.2 Å². The number of para-hydroxylation sites is 1. The van der Waals surface area contributed by atoms with Crippen LogP contribution in [-0.4, -0.2) is 11.8 Å². The molecule has 0 saturated carbocycles. The van der Waals surface area contributed by atoms with E-state index in [4.69, 9.17) is 5.73 Å². The van der Waals surface area contributed by atoms with Crippen molar-refractivity contribution in [1.82, 2.24) is 0 Å². The number of rotatable bonds is 4. The van der Waals surface area contributed by atoms with Crippen LogP contribution in [-0.2, 0) is 11.2 Å². The van der Waals surface area contributed by atoms with Gasteiger partial charge >= 0.3 is 0 Å². The van der Waals surface area contributed by atoms with Gasteiger partial charge in [0.1, 0.15) is 0 Å². The van der Waals surface area contributed by atoms with E-state index in [2.05, 4.69) is 5.32 Å². The van der Waals surface area contributed by atoms with Crippen LogP contribution in [0.25, 0.3) is 0 Å². The van der Waals surface area contributed by atoms with E-state index in [-0.39, 0.29) is 12.3 Å². The predicted molar refractivity (Wildman–Crippen MR) is 71.6 cm³/mol. The van der Waals surface area contributed by atoms with Gasteiger partial charge in [-0.05, 0) is 23.1 Å². The van der Waals surface area contributed by atoms with E-state index in [1.54, 1.807) is 30.3 Å². The lowest BCUT2D eigenvalue weighted by atomic mass is 10.1. The lowest BCUT2D eigenvalue weighted by Crippen LogP contribution is -2.17. The van der Waals surface area contributed by atoms with Gasteiger partial charge in [-0.3, -0.25) is 9.59 Å². The summed E-state index contributed by atoms with van der Waals surface area (Å²) in [7, 11) is 0. The molecule has 0 spiro atoms. The van der Waals surface area contributed by atoms with Crippen LogP contribution >= 0.6 is 11.3 Å². The van der Waals surface area contributed by atoms with Crippen molar-refractivity contribution in [2.45, 2.75) is 6.42 Å². The Balaban J connectivity index is 2.18. The number of amides is 2. The van der Waals surface area contributed by atoms with Crippen molar-refractivity contribution in [1.29, 1.82) is 0 Å². The highest BCUT2D eigenvalue weighted by molar-refractivity contribution is 7.12. The van der Waals surface area contributed by atoms with Crippen molar-refractivity contribution in [3.63, 3.8) is 0 Å². The first-order valence-corrected chi connectivity index (χ1v) is 6.26. The molecule has 2 aromatic rings. The van der Waals surface area contributed by atoms with Crippen LogP contribution < -0.4 is 11.1 Å². The Kier molecular flexibility index (Phi) is 3.74. The molecular formula is C13H12N2O2S. The molecule has 0 aliphatic carbocycles. The van der Waals surface area contributed by atoms with Crippen molar-refractivity contribution < 1.29 is 9.59 Å². The van der Waals surface area contributed by atoms with Gasteiger partial charge in [-0.1, -0.05) is 24.3 Å². The molecule has 0 fully saturated rings. The number of hydrogen-bond donors (Lipinski definition) is 2. The summed E-state index contributed by atoms with van der Waals surface area (Å²) < 4.78 is 0. The molecule has 1 aromatic heterocycles. The number of carbonyl (C=O) groups is 2. The Labute approximate surface area is 108 Å². The highest BCUT2D eigenvalue weighted by atomic mass is 32.1. The summed E-state index contributed by atoms with van der Waals surface area (Å²) in [6.07, 6.45) is 0.112. The van der Waals surface area contributed by atoms with E-state index in [0.717, 1.165) is 5.56 Å². The summed E-state index contributed by atoms with van der Waals surface area (Å²) in [6, 6.07) is 10.7. The first-order valence-electron chi connectivity index (χ1n) is 5.38. The minimum atomic E-state index is -0.423. The van der Waals surface area contributed by atoms with Gasteiger partial charge in [0, 0.05) is 5.69 Å². The van der Waals surface area contributed by atoms with Crippen molar-refractivity contribution >= 4 is 28.8 Å². The third-order valence-electron chi connectivity index (χ3n) is 2.38. The van der Waals surface area contributed by atoms with E-state index in [0.29, 0.717) is 10.6 Å². The molecule has 0 bridgehead atoms. The van der Waals surface area contributed by atoms with E-state index >= 15 is 0 Å². The van der Waals surface area contributed by atoms with E-state index in [1.807, 2.05) is 11.4 Å². The van der Waals surface area contributed by atoms with Gasteiger partial charge in [-0.2, -0.15) is 0 Å². The second kappa shape index (κ2) is 5.46. The SMILES string of the molecule is NC(=O)Cc1ccccc1NC(=O)c1cccs1. The van der Waals surface area contributed by atoms with E-state index < -0.39 is 5.91 Å². The largest absolute Gasteiger partial charge is 0.369 e. The summed E-state index contributed by atoms with van der Waals surface area (Å²) >= 11 is 1.37. The number of primary amides is 1. The number of nitrogens with one attached hydrogen (secondary N) is 1. The molecule has 3 N–H and O–H groups in total. The summed E-state index contributed by atoms with van der Waals surface area (Å²) in [5, 5.41) is 4.62. The van der Waals surface area contributed by atoms with Crippen LogP contribution in [0.3, 0.4) is 0 Å². The minimum absolute atomic E-state index is 0.112. The number of thiophene rings is 1. The highest BCUT2D eigenvalue weighted by Gasteiger charge is 2.10. The summed E-state index contributed by atoms with van der Waals surface area (Å²) in [5.41, 5.74) is 6.51. The number of anilines is 1. The molecule has 2 rings (SSSR count). The fourth-order valence-electron chi connectivity index (χ4n) is 1.58. The van der Waals surface area contributed by atoms with Crippen LogP contribution in [0, 0.1) is 0 Å². The summed E-state index contributed by atoms with van der Waals surface area (Å²) in [6.45, 7) is 0. The van der Waals surface area contributed by atoms with Crippen molar-refractivity contribution in [2.75, 3.05) is 5.32 Å². The maximum absolute atomic E-state index is 11.9. The highest BCUT2D eigenvalue weighted by Crippen LogP contribution is 2.18. The monoisotopic (exact) mass is 260 g/mol. The molecule has 2 amide bonds. The number of carbonyl (C=O) groups excluding carboxylic acids is 2. The van der Waals surface area contributed by atoms with Gasteiger partial charge in [0.2, 0.25) is 5.91 Å². The second-order valence-electron chi connectivity index (χ2n) is 3.73. The molecule has 92 valence electrons. The molecule has 1 aromatic carbocycles. The fraction of sp³-hybridized carbons (Fsp3) is 0.0769. The zero-order valence-corrected chi connectivity index (χ0v) is 10.4. The Morgan fingerprint density at radius 1 is 1.17 bits per heavy atom. The Hall–Kier alpha value is -2.14. The van der Waals surface area contributed by atoms with Gasteiger partial charge in [0.05, 0.1) is 11.3 Å². The molecule has 0 atom stereocenters. The van der Waals surface area contributed by atoms with Crippen LogP contribution in [0.5, 0.6) is 0 Å². The maximum Gasteiger partial charge on any atom is 0.265 e. The quantitative estimate of drug-likeness (QED) is 0.882. The van der Waals surface area contributed by atoms with Crippen molar-refractivity contribution in [3.8, 4) is 0 Å². The van der Waals surface area contributed by atoms with Gasteiger partial charge in [-0.15, -0.1) is 11.3 Å². The molecule has 0 radical (unpaired) electrons. The Bertz CT molecular complexity index is 564. The first kappa shape index (κ1) is 12.3. The minimum Gasteiger partial charge on any atom is -0.369 e. The van der Waals surface area contributed by atoms with E-state index in [1.165, 1.54) is 11.3 Å². The maximum atomic E-state index is 11.9. The summed E-state index contributed by atoms with van der Waals surface area (Å²) in [5.74, 6) is -0.602. The molecule has 0 aliphatic rings. The molecule has 4 nitrogen and oxygen atoms in total. The number of hydrogen-bond acceptors (Lipinski definition) is 3. The molecule has 18 heavy (non-hydrogen) atoms. The van der Waals surface area contributed by atoms with Crippen LogP contribution in [0.2, 0.25) is 0 Å². The fourth-order valence-corrected chi connectivity index (χ4v) is 2.19. The van der Waals surface area contributed by atoms with Crippen LogP contribution in [0.1, 0.15) is 15.2 Å². The molecule has 1 heterocycles. The van der Waals surface area contributed by atoms with Gasteiger partial charge in [0.15, 0.2) is 0 Å². The zero-order chi connectivity index (χ0) is 13.0. The average molecular weight is 260 g/mol. The van der Waals surface area contributed by atoms with Crippen molar-refractivity contribution in [3.05, 3.63) is 52.2 Å². The lowest BCUT2D eigenvalue weighted by molar-refractivity contribution is -0.117. The first-order chi connectivity index (χ1) is 8.66. The van der Waals surface area contributed by atoms with Crippen LogP contribution in [0.15, 0.2) is 41.8 Å². The third-order valence-corrected chi connectivity index (χ3v) is 3.24. The molecular weight excluding hydrogens is 248 g/mol. The third kappa shape index (κ3) is 2.95. The molecule has 0 saturated heterocycles. The van der Waals surface area contributed by atoms with Crippen LogP contribution in [0.4, 0.5) is 5.69 Å². The van der Waals surface area contributed by atoms with Gasteiger partial charge in [-0.25, -0.2) is 0 Å². The molecule has 0 unspecified atom stereocenters. The zero-order valence-electron chi connectivity index (χ0n) is 9.55. The van der Waals surface area contributed by atoms with Gasteiger partial charge < -0.3 is 11.1 Å². The second-order valence-corrected chi connectivity index (χ2v) is 4.68. The van der Waals surface area contributed by atoms with E-state index in [9.17, 15) is 9.59 Å². The summed E-state index contributed by atoms with van der Waals surface area (Å²) in [4.78, 5) is 23.5. The Morgan fingerprint density at radius 2 is 1.94 bits per heavy atom. The van der Waals surface area contributed by atoms with Crippen molar-refractivity contribution in [2.24, 2.45) is 5.73 Å². The van der Waals surface area contributed by atoms with Gasteiger partial charge in [0.25, 0.3) is 5.91 Å². The molecule has 5 heteroatoms. The average Bonchev–Trinajstić information content (AvgIpc) is 2.84. The molecule has 0 aliphatic heterocycles. The normalized spacial score (nSPS) is 10.0. The lowest BCUT2D eigenvalue weighted by Gasteiger charge is -2.08. The predicted octanol–water partition coefficient (Wildman–Crippen LogP) is 2.03. The Morgan fingerprint density at radius 3 is 2.61 bits per heavy atom. The standard InChI is InChI=1S/C13H12N2O2S/c14-12(16)8-9-4-1-2-5-10(9)15-13(17)11-6-3-7-18-11/h1-7H,8H2,(H2,14,16)(H,15,17). The number of benzene rings is 1. The number of nitrogens with two attached hydrogens (primary N) is 1. The smallest absolute Gasteiger partial charge is 0.265 e.